The first-order valence-electron chi connectivity index (χ1n) is 5.07. The number of aliphatic hydroxyl groups excluding tert-OH is 1. The lowest BCUT2D eigenvalue weighted by Gasteiger charge is -2.13. The van der Waals surface area contributed by atoms with Crippen molar-refractivity contribution in [3.05, 3.63) is 44.7 Å². The molecule has 1 unspecified atom stereocenters. The van der Waals surface area contributed by atoms with E-state index in [1.165, 1.54) is 23.5 Å². The van der Waals surface area contributed by atoms with Crippen LogP contribution in [0.25, 0.3) is 0 Å². The van der Waals surface area contributed by atoms with Gasteiger partial charge in [0.25, 0.3) is 0 Å². The van der Waals surface area contributed by atoms with Crippen molar-refractivity contribution in [1.82, 2.24) is 0 Å². The summed E-state index contributed by atoms with van der Waals surface area (Å²) in [6, 6.07) is 6.50. The third kappa shape index (κ3) is 3.76. The monoisotopic (exact) mass is 303 g/mol. The fourth-order valence-corrected chi connectivity index (χ4v) is 3.07. The molecular formula is C12H14ClNO2S2. The molecule has 0 aliphatic heterocycles. The molecule has 1 rings (SSSR count). The summed E-state index contributed by atoms with van der Waals surface area (Å²) >= 11 is 8.55. The van der Waals surface area contributed by atoms with Crippen molar-refractivity contribution in [2.24, 2.45) is 5.73 Å². The molecule has 3 nitrogen and oxygen atoms in total. The average molecular weight is 304 g/mol. The molecule has 0 bridgehead atoms. The Bertz CT molecular complexity index is 452. The predicted octanol–water partition coefficient (Wildman–Crippen LogP) is 2.74. The maximum absolute atomic E-state index is 12.3. The van der Waals surface area contributed by atoms with Gasteiger partial charge < -0.3 is 10.8 Å². The summed E-state index contributed by atoms with van der Waals surface area (Å²) in [5.41, 5.74) is 6.16. The number of ketones is 1. The molecule has 0 fully saturated rings. The van der Waals surface area contributed by atoms with Gasteiger partial charge in [0.2, 0.25) is 0 Å². The summed E-state index contributed by atoms with van der Waals surface area (Å²) in [4.78, 5) is 12.3. The standard InChI is InChI=1S/C12H14ClNO2S2/c1-17-12(18-2)9(11(14)16)10(15)7-3-5-8(13)6-4-7/h3-6,11,16H,14H2,1-2H3. The Labute approximate surface area is 120 Å². The van der Waals surface area contributed by atoms with Gasteiger partial charge in [-0.2, -0.15) is 0 Å². The summed E-state index contributed by atoms with van der Waals surface area (Å²) < 4.78 is 0.713. The zero-order valence-corrected chi connectivity index (χ0v) is 12.4. The molecule has 0 aromatic heterocycles. The van der Waals surface area contributed by atoms with Crippen molar-refractivity contribution in [3.8, 4) is 0 Å². The van der Waals surface area contributed by atoms with Gasteiger partial charge in [-0.3, -0.25) is 4.79 Å². The van der Waals surface area contributed by atoms with Crippen LogP contribution >= 0.6 is 35.1 Å². The van der Waals surface area contributed by atoms with E-state index >= 15 is 0 Å². The number of carbonyl (C=O) groups is 1. The third-order valence-electron chi connectivity index (χ3n) is 2.24. The third-order valence-corrected chi connectivity index (χ3v) is 4.67. The second kappa shape index (κ2) is 7.21. The summed E-state index contributed by atoms with van der Waals surface area (Å²) in [7, 11) is 0. The number of Topliss-reactive ketones (excluding diaryl/α,β-unsaturated/α-hetero) is 1. The maximum atomic E-state index is 12.3. The molecule has 0 aliphatic rings. The van der Waals surface area contributed by atoms with Crippen molar-refractivity contribution in [1.29, 1.82) is 0 Å². The molecule has 98 valence electrons. The molecule has 3 N–H and O–H groups in total. The number of thioether (sulfide) groups is 2. The highest BCUT2D eigenvalue weighted by Gasteiger charge is 2.21. The van der Waals surface area contributed by atoms with Gasteiger partial charge in [-0.05, 0) is 36.8 Å². The van der Waals surface area contributed by atoms with E-state index in [1.54, 1.807) is 24.3 Å². The molecule has 6 heteroatoms. The van der Waals surface area contributed by atoms with Gasteiger partial charge in [0, 0.05) is 10.6 Å². The SMILES string of the molecule is CSC(SC)=C(C(=O)c1ccc(Cl)cc1)C(N)O. The number of carbonyl (C=O) groups excluding carboxylic acids is 1. The molecule has 1 aromatic carbocycles. The van der Waals surface area contributed by atoms with E-state index in [2.05, 4.69) is 0 Å². The maximum Gasteiger partial charge on any atom is 0.194 e. The lowest BCUT2D eigenvalue weighted by atomic mass is 10.0. The number of nitrogens with two attached hydrogens (primary N) is 1. The first kappa shape index (κ1) is 15.6. The van der Waals surface area contributed by atoms with Gasteiger partial charge in [0.15, 0.2) is 5.78 Å². The van der Waals surface area contributed by atoms with Crippen LogP contribution < -0.4 is 5.73 Å². The average Bonchev–Trinajstić information content (AvgIpc) is 2.35. The minimum Gasteiger partial charge on any atom is -0.374 e. The summed E-state index contributed by atoms with van der Waals surface area (Å²) in [6.45, 7) is 0. The molecule has 0 aliphatic carbocycles. The number of benzene rings is 1. The Morgan fingerprint density at radius 1 is 1.28 bits per heavy atom. The second-order valence-electron chi connectivity index (χ2n) is 3.39. The zero-order valence-electron chi connectivity index (χ0n) is 10.0. The van der Waals surface area contributed by atoms with E-state index in [9.17, 15) is 9.90 Å². The normalized spacial score (nSPS) is 12.1. The van der Waals surface area contributed by atoms with Gasteiger partial charge in [-0.1, -0.05) is 11.6 Å². The van der Waals surface area contributed by atoms with Crippen molar-refractivity contribution in [2.45, 2.75) is 6.23 Å². The van der Waals surface area contributed by atoms with Gasteiger partial charge in [-0.15, -0.1) is 23.5 Å². The fraction of sp³-hybridized carbons (Fsp3) is 0.250. The largest absolute Gasteiger partial charge is 0.374 e. The van der Waals surface area contributed by atoms with Gasteiger partial charge in [0.1, 0.15) is 6.23 Å². The molecule has 1 atom stereocenters. The quantitative estimate of drug-likeness (QED) is 0.497. The van der Waals surface area contributed by atoms with E-state index in [0.29, 0.717) is 14.8 Å². The molecule has 0 spiro atoms. The van der Waals surface area contributed by atoms with E-state index in [0.717, 1.165) is 0 Å². The van der Waals surface area contributed by atoms with Crippen LogP contribution in [0.1, 0.15) is 10.4 Å². The minimum absolute atomic E-state index is 0.220. The fourth-order valence-electron chi connectivity index (χ4n) is 1.41. The highest BCUT2D eigenvalue weighted by atomic mass is 35.5. The minimum atomic E-state index is -1.29. The lowest BCUT2D eigenvalue weighted by molar-refractivity contribution is 0.0990. The molecule has 0 saturated heterocycles. The smallest absolute Gasteiger partial charge is 0.194 e. The first-order chi connectivity index (χ1) is 8.51. The molecule has 18 heavy (non-hydrogen) atoms. The zero-order chi connectivity index (χ0) is 13.7. The van der Waals surface area contributed by atoms with Crippen LogP contribution in [0.2, 0.25) is 5.02 Å². The van der Waals surface area contributed by atoms with Crippen molar-refractivity contribution in [2.75, 3.05) is 12.5 Å². The Balaban J connectivity index is 3.19. The highest BCUT2D eigenvalue weighted by Crippen LogP contribution is 2.30. The van der Waals surface area contributed by atoms with Crippen LogP contribution in [-0.2, 0) is 0 Å². The highest BCUT2D eigenvalue weighted by molar-refractivity contribution is 8.21. The van der Waals surface area contributed by atoms with E-state index in [4.69, 9.17) is 17.3 Å². The summed E-state index contributed by atoms with van der Waals surface area (Å²) in [6.07, 6.45) is 2.38. The number of rotatable bonds is 5. The van der Waals surface area contributed by atoms with Crippen LogP contribution in [0.5, 0.6) is 0 Å². The summed E-state index contributed by atoms with van der Waals surface area (Å²) in [5, 5.41) is 10.1. The second-order valence-corrected chi connectivity index (χ2v) is 5.72. The predicted molar refractivity (Wildman–Crippen MR) is 80.0 cm³/mol. The Kier molecular flexibility index (Phi) is 6.25. The topological polar surface area (TPSA) is 63.3 Å². The van der Waals surface area contributed by atoms with Crippen molar-refractivity contribution in [3.63, 3.8) is 0 Å². The molecular weight excluding hydrogens is 290 g/mol. The van der Waals surface area contributed by atoms with Crippen LogP contribution in [-0.4, -0.2) is 29.6 Å². The molecule has 0 saturated carbocycles. The number of halogens is 1. The first-order valence-corrected chi connectivity index (χ1v) is 7.90. The molecule has 1 aromatic rings. The Morgan fingerprint density at radius 3 is 2.17 bits per heavy atom. The van der Waals surface area contributed by atoms with E-state index in [-0.39, 0.29) is 11.4 Å². The lowest BCUT2D eigenvalue weighted by Crippen LogP contribution is -2.27. The Morgan fingerprint density at radius 2 is 1.78 bits per heavy atom. The summed E-state index contributed by atoms with van der Waals surface area (Å²) in [5.74, 6) is -0.277. The van der Waals surface area contributed by atoms with Crippen LogP contribution in [0.3, 0.4) is 0 Å². The van der Waals surface area contributed by atoms with E-state index in [1.807, 2.05) is 12.5 Å². The van der Waals surface area contributed by atoms with E-state index < -0.39 is 6.23 Å². The van der Waals surface area contributed by atoms with Crippen molar-refractivity contribution < 1.29 is 9.90 Å². The number of hydrogen-bond donors (Lipinski definition) is 2. The van der Waals surface area contributed by atoms with Crippen LogP contribution in [0, 0.1) is 0 Å². The molecule has 0 amide bonds. The Hall–Kier alpha value is -0.460. The van der Waals surface area contributed by atoms with Gasteiger partial charge in [0.05, 0.1) is 9.81 Å². The van der Waals surface area contributed by atoms with Crippen molar-refractivity contribution >= 4 is 40.9 Å². The van der Waals surface area contributed by atoms with Crippen LogP contribution in [0.15, 0.2) is 34.1 Å². The number of aliphatic hydroxyl groups is 1. The molecule has 0 radical (unpaired) electrons. The molecule has 0 heterocycles. The van der Waals surface area contributed by atoms with Crippen LogP contribution in [0.4, 0.5) is 0 Å². The number of hydrogen-bond acceptors (Lipinski definition) is 5. The van der Waals surface area contributed by atoms with Gasteiger partial charge >= 0.3 is 0 Å². The van der Waals surface area contributed by atoms with Gasteiger partial charge in [-0.25, -0.2) is 0 Å².